The van der Waals surface area contributed by atoms with Crippen molar-refractivity contribution >= 4 is 11.7 Å². The Hall–Kier alpha value is -2.02. The summed E-state index contributed by atoms with van der Waals surface area (Å²) >= 11 is 0. The first-order chi connectivity index (χ1) is 8.22. The molecule has 1 aromatic rings. The van der Waals surface area contributed by atoms with Crippen molar-refractivity contribution in [2.24, 2.45) is 0 Å². The molecule has 4 heteroatoms. The summed E-state index contributed by atoms with van der Waals surface area (Å²) in [6.45, 7) is 4.11. The van der Waals surface area contributed by atoms with Crippen LogP contribution in [0.4, 0.5) is 10.5 Å². The van der Waals surface area contributed by atoms with E-state index >= 15 is 0 Å². The molecule has 0 spiro atoms. The van der Waals surface area contributed by atoms with Crippen LogP contribution >= 0.6 is 0 Å². The number of hydrogen-bond acceptors (Lipinski definition) is 2. The molecule has 1 rings (SSSR count). The van der Waals surface area contributed by atoms with E-state index in [-0.39, 0.29) is 12.6 Å². The Balaban J connectivity index is 2.88. The molecule has 90 valence electrons. The molecule has 0 aromatic heterocycles. The summed E-state index contributed by atoms with van der Waals surface area (Å²) in [5.74, 6) is 0. The van der Waals surface area contributed by atoms with Gasteiger partial charge in [-0.15, -0.1) is 0 Å². The highest BCUT2D eigenvalue weighted by molar-refractivity contribution is 5.91. The minimum atomic E-state index is -0.331. The molecule has 0 saturated carbocycles. The summed E-state index contributed by atoms with van der Waals surface area (Å²) in [4.78, 5) is 11.5. The summed E-state index contributed by atoms with van der Waals surface area (Å²) in [6, 6.07) is 7.53. The number of urea groups is 1. The molecule has 1 aromatic carbocycles. The molecular weight excluding hydrogens is 214 g/mol. The number of carbonyl (C=O) groups is 1. The predicted molar refractivity (Wildman–Crippen MR) is 67.8 cm³/mol. The first-order valence-corrected chi connectivity index (χ1v) is 5.75. The molecule has 0 bridgehead atoms. The number of para-hydroxylation sites is 1. The van der Waals surface area contributed by atoms with Gasteiger partial charge in [-0.25, -0.2) is 4.79 Å². The highest BCUT2D eigenvalue weighted by atomic mass is 16.2. The lowest BCUT2D eigenvalue weighted by atomic mass is 10.0. The topological polar surface area (TPSA) is 64.9 Å². The number of anilines is 1. The minimum absolute atomic E-state index is 0.0155. The molecule has 0 unspecified atom stereocenters. The van der Waals surface area contributed by atoms with Crippen LogP contribution in [0.1, 0.15) is 25.0 Å². The molecule has 0 atom stereocenters. The Kier molecular flexibility index (Phi) is 5.02. The lowest BCUT2D eigenvalue weighted by Gasteiger charge is -2.14. The molecule has 0 saturated heterocycles. The van der Waals surface area contributed by atoms with Crippen molar-refractivity contribution in [2.75, 3.05) is 11.9 Å². The molecule has 0 aliphatic rings. The lowest BCUT2D eigenvalue weighted by Crippen LogP contribution is -2.29. The number of rotatable bonds is 4. The van der Waals surface area contributed by atoms with Crippen molar-refractivity contribution in [3.05, 3.63) is 29.3 Å². The Morgan fingerprint density at radius 2 is 1.88 bits per heavy atom. The SMILES string of the molecule is CCc1cccc(CC)c1NC(=O)NCC#N. The van der Waals surface area contributed by atoms with Gasteiger partial charge in [-0.1, -0.05) is 32.0 Å². The molecule has 2 amide bonds. The fraction of sp³-hybridized carbons (Fsp3) is 0.385. The second-order valence-electron chi connectivity index (χ2n) is 3.62. The molecule has 0 aliphatic heterocycles. The summed E-state index contributed by atoms with van der Waals surface area (Å²) in [6.07, 6.45) is 1.73. The Bertz CT molecular complexity index is 413. The number of hydrogen-bond donors (Lipinski definition) is 2. The molecule has 0 aliphatic carbocycles. The van der Waals surface area contributed by atoms with Crippen LogP contribution in [0, 0.1) is 11.3 Å². The maximum atomic E-state index is 11.5. The number of nitrogens with one attached hydrogen (secondary N) is 2. The molecule has 0 fully saturated rings. The molecule has 2 N–H and O–H groups in total. The van der Waals surface area contributed by atoms with E-state index in [0.717, 1.165) is 29.7 Å². The zero-order chi connectivity index (χ0) is 12.7. The van der Waals surface area contributed by atoms with Crippen molar-refractivity contribution in [3.63, 3.8) is 0 Å². The molecule has 17 heavy (non-hydrogen) atoms. The number of nitriles is 1. The van der Waals surface area contributed by atoms with E-state index in [0.29, 0.717) is 0 Å². The van der Waals surface area contributed by atoms with E-state index in [4.69, 9.17) is 5.26 Å². The van der Waals surface area contributed by atoms with Gasteiger partial charge >= 0.3 is 6.03 Å². The quantitative estimate of drug-likeness (QED) is 0.782. The average molecular weight is 231 g/mol. The Labute approximate surface area is 102 Å². The molecule has 4 nitrogen and oxygen atoms in total. The van der Waals surface area contributed by atoms with Crippen LogP contribution in [0.15, 0.2) is 18.2 Å². The minimum Gasteiger partial charge on any atom is -0.325 e. The molecular formula is C13H17N3O. The van der Waals surface area contributed by atoms with Crippen LogP contribution in [0.5, 0.6) is 0 Å². The van der Waals surface area contributed by atoms with Crippen LogP contribution in [-0.2, 0) is 12.8 Å². The van der Waals surface area contributed by atoms with Gasteiger partial charge in [-0.05, 0) is 24.0 Å². The fourth-order valence-electron chi connectivity index (χ4n) is 1.68. The van der Waals surface area contributed by atoms with Gasteiger partial charge in [0.05, 0.1) is 6.07 Å². The van der Waals surface area contributed by atoms with Crippen molar-refractivity contribution in [1.29, 1.82) is 5.26 Å². The second-order valence-corrected chi connectivity index (χ2v) is 3.62. The maximum absolute atomic E-state index is 11.5. The molecule has 0 radical (unpaired) electrons. The highest BCUT2D eigenvalue weighted by Gasteiger charge is 2.08. The van der Waals surface area contributed by atoms with E-state index < -0.39 is 0 Å². The van der Waals surface area contributed by atoms with Crippen molar-refractivity contribution in [2.45, 2.75) is 26.7 Å². The first-order valence-electron chi connectivity index (χ1n) is 5.75. The lowest BCUT2D eigenvalue weighted by molar-refractivity contribution is 0.253. The smallest absolute Gasteiger partial charge is 0.320 e. The normalized spacial score (nSPS) is 9.47. The third kappa shape index (κ3) is 3.49. The van der Waals surface area contributed by atoms with Crippen LogP contribution in [0.2, 0.25) is 0 Å². The van der Waals surface area contributed by atoms with Crippen molar-refractivity contribution < 1.29 is 4.79 Å². The van der Waals surface area contributed by atoms with Gasteiger partial charge in [0.15, 0.2) is 0 Å². The predicted octanol–water partition coefficient (Wildman–Crippen LogP) is 2.46. The van der Waals surface area contributed by atoms with Crippen LogP contribution in [0.3, 0.4) is 0 Å². The highest BCUT2D eigenvalue weighted by Crippen LogP contribution is 2.22. The first kappa shape index (κ1) is 13.0. The van der Waals surface area contributed by atoms with Gasteiger partial charge in [0.25, 0.3) is 0 Å². The summed E-state index contributed by atoms with van der Waals surface area (Å²) < 4.78 is 0. The monoisotopic (exact) mass is 231 g/mol. The number of carbonyl (C=O) groups excluding carboxylic acids is 1. The number of amides is 2. The zero-order valence-electron chi connectivity index (χ0n) is 10.2. The third-order valence-electron chi connectivity index (χ3n) is 2.57. The van der Waals surface area contributed by atoms with Crippen LogP contribution in [0.25, 0.3) is 0 Å². The molecule has 0 heterocycles. The van der Waals surface area contributed by atoms with Crippen LogP contribution < -0.4 is 10.6 Å². The Morgan fingerprint density at radius 3 is 2.35 bits per heavy atom. The standard InChI is InChI=1S/C13H17N3O/c1-3-10-6-5-7-11(4-2)12(10)16-13(17)15-9-8-14/h5-7H,3-4,9H2,1-2H3,(H2,15,16,17). The van der Waals surface area contributed by atoms with E-state index in [1.165, 1.54) is 0 Å². The van der Waals surface area contributed by atoms with Gasteiger partial charge in [0, 0.05) is 5.69 Å². The third-order valence-corrected chi connectivity index (χ3v) is 2.57. The second kappa shape index (κ2) is 6.54. The van der Waals surface area contributed by atoms with Gasteiger partial charge in [-0.3, -0.25) is 0 Å². The van der Waals surface area contributed by atoms with Crippen molar-refractivity contribution in [3.8, 4) is 6.07 Å². The van der Waals surface area contributed by atoms with Gasteiger partial charge in [0.1, 0.15) is 6.54 Å². The van der Waals surface area contributed by atoms with Gasteiger partial charge in [0.2, 0.25) is 0 Å². The van der Waals surface area contributed by atoms with Crippen LogP contribution in [-0.4, -0.2) is 12.6 Å². The van der Waals surface area contributed by atoms with Gasteiger partial charge < -0.3 is 10.6 Å². The van der Waals surface area contributed by atoms with E-state index in [2.05, 4.69) is 10.6 Å². The van der Waals surface area contributed by atoms with Crippen molar-refractivity contribution in [1.82, 2.24) is 5.32 Å². The number of nitrogens with zero attached hydrogens (tertiary/aromatic N) is 1. The van der Waals surface area contributed by atoms with E-state index in [9.17, 15) is 4.79 Å². The average Bonchev–Trinajstić information content (AvgIpc) is 2.36. The summed E-state index contributed by atoms with van der Waals surface area (Å²) in [5, 5.41) is 13.7. The number of benzene rings is 1. The fourth-order valence-corrected chi connectivity index (χ4v) is 1.68. The zero-order valence-corrected chi connectivity index (χ0v) is 10.2. The van der Waals surface area contributed by atoms with E-state index in [1.807, 2.05) is 38.1 Å². The van der Waals surface area contributed by atoms with E-state index in [1.54, 1.807) is 0 Å². The largest absolute Gasteiger partial charge is 0.325 e. The Morgan fingerprint density at radius 1 is 1.29 bits per heavy atom. The maximum Gasteiger partial charge on any atom is 0.320 e. The summed E-state index contributed by atoms with van der Waals surface area (Å²) in [5.41, 5.74) is 3.08. The summed E-state index contributed by atoms with van der Waals surface area (Å²) in [7, 11) is 0. The number of aryl methyl sites for hydroxylation is 2. The van der Waals surface area contributed by atoms with Gasteiger partial charge in [-0.2, -0.15) is 5.26 Å².